The third kappa shape index (κ3) is 1.51. The molecule has 0 N–H and O–H groups in total. The fourth-order valence-corrected chi connectivity index (χ4v) is 2.70. The van der Waals surface area contributed by atoms with E-state index in [-0.39, 0.29) is 5.43 Å². The molecule has 0 aromatic heterocycles. The Kier molecular flexibility index (Phi) is 2.30. The van der Waals surface area contributed by atoms with Gasteiger partial charge in [-0.1, -0.05) is 54.6 Å². The van der Waals surface area contributed by atoms with Crippen molar-refractivity contribution in [3.05, 3.63) is 77.0 Å². The quantitative estimate of drug-likeness (QED) is 0.479. The van der Waals surface area contributed by atoms with E-state index in [0.29, 0.717) is 5.39 Å². The number of rotatable bonds is 0. The van der Waals surface area contributed by atoms with Crippen LogP contribution in [0.25, 0.3) is 32.9 Å². The first-order valence-electron chi connectivity index (χ1n) is 6.55. The van der Waals surface area contributed by atoms with Gasteiger partial charge >= 0.3 is 0 Å². The summed E-state index contributed by atoms with van der Waals surface area (Å²) in [6.07, 6.45) is 0. The van der Waals surface area contributed by atoms with Gasteiger partial charge in [-0.15, -0.1) is 0 Å². The summed E-state index contributed by atoms with van der Waals surface area (Å²) < 4.78 is 0. The Hall–Kier alpha value is -2.74. The average molecular weight is 257 g/mol. The Morgan fingerprint density at radius 2 is 1.55 bits per heavy atom. The molecule has 0 radical (unpaired) electrons. The van der Waals surface area contributed by atoms with E-state index in [4.69, 9.17) is 0 Å². The number of hydrogen-bond acceptors (Lipinski definition) is 2. The first-order chi connectivity index (χ1) is 9.84. The van der Waals surface area contributed by atoms with Gasteiger partial charge < -0.3 is 0 Å². The summed E-state index contributed by atoms with van der Waals surface area (Å²) >= 11 is 0. The first kappa shape index (κ1) is 11.1. The molecule has 0 spiro atoms. The molecule has 0 atom stereocenters. The molecule has 2 aliphatic rings. The molecule has 94 valence electrons. The van der Waals surface area contributed by atoms with Gasteiger partial charge in [-0.3, -0.25) is 4.79 Å². The minimum Gasteiger partial charge on any atom is -0.289 e. The van der Waals surface area contributed by atoms with E-state index in [0.717, 1.165) is 27.5 Å². The Labute approximate surface area is 115 Å². The van der Waals surface area contributed by atoms with Gasteiger partial charge in [-0.05, 0) is 17.5 Å². The van der Waals surface area contributed by atoms with Crippen molar-refractivity contribution < 1.29 is 0 Å². The minimum absolute atomic E-state index is 0.0184. The lowest BCUT2D eigenvalue weighted by Gasteiger charge is -1.90. The van der Waals surface area contributed by atoms with Crippen molar-refractivity contribution in [1.82, 2.24) is 4.98 Å². The highest BCUT2D eigenvalue weighted by molar-refractivity contribution is 6.10. The van der Waals surface area contributed by atoms with Gasteiger partial charge in [0, 0.05) is 10.9 Å². The minimum atomic E-state index is 0.0184. The molecular formula is C18H11NO. The zero-order chi connectivity index (χ0) is 13.5. The molecule has 1 aliphatic heterocycles. The zero-order valence-electron chi connectivity index (χ0n) is 10.7. The van der Waals surface area contributed by atoms with Crippen molar-refractivity contribution in [2.24, 2.45) is 0 Å². The molecular weight excluding hydrogens is 246 g/mol. The van der Waals surface area contributed by atoms with Crippen LogP contribution in [0.2, 0.25) is 0 Å². The molecule has 4 rings (SSSR count). The van der Waals surface area contributed by atoms with Gasteiger partial charge in [0.2, 0.25) is 0 Å². The van der Waals surface area contributed by atoms with Crippen molar-refractivity contribution in [3.8, 4) is 11.3 Å². The second-order valence-corrected chi connectivity index (χ2v) is 4.83. The summed E-state index contributed by atoms with van der Waals surface area (Å²) in [5.41, 5.74) is 2.58. The number of hydrogen-bond donors (Lipinski definition) is 0. The lowest BCUT2D eigenvalue weighted by atomic mass is 10.1. The second-order valence-electron chi connectivity index (χ2n) is 4.83. The first-order valence-corrected chi connectivity index (χ1v) is 6.55. The van der Waals surface area contributed by atoms with E-state index < -0.39 is 0 Å². The lowest BCUT2D eigenvalue weighted by Crippen LogP contribution is -1.93. The molecule has 0 amide bonds. The van der Waals surface area contributed by atoms with Crippen molar-refractivity contribution in [3.63, 3.8) is 0 Å². The molecule has 1 aliphatic carbocycles. The predicted molar refractivity (Wildman–Crippen MR) is 82.1 cm³/mol. The van der Waals surface area contributed by atoms with Crippen molar-refractivity contribution in [2.45, 2.75) is 0 Å². The molecule has 2 heteroatoms. The van der Waals surface area contributed by atoms with Crippen LogP contribution in [0, 0.1) is 0 Å². The smallest absolute Gasteiger partial charge is 0.188 e. The highest BCUT2D eigenvalue weighted by Crippen LogP contribution is 2.31. The molecule has 2 aromatic carbocycles. The van der Waals surface area contributed by atoms with E-state index in [1.54, 1.807) is 6.07 Å². The van der Waals surface area contributed by atoms with Crippen molar-refractivity contribution in [1.29, 1.82) is 0 Å². The van der Waals surface area contributed by atoms with E-state index in [9.17, 15) is 4.79 Å². The third-order valence-electron chi connectivity index (χ3n) is 3.63. The molecule has 2 aromatic rings. The Morgan fingerprint density at radius 3 is 2.50 bits per heavy atom. The topological polar surface area (TPSA) is 30.0 Å². The summed E-state index contributed by atoms with van der Waals surface area (Å²) in [7, 11) is 0. The fourth-order valence-electron chi connectivity index (χ4n) is 2.70. The zero-order valence-corrected chi connectivity index (χ0v) is 10.7. The van der Waals surface area contributed by atoms with Gasteiger partial charge in [0.15, 0.2) is 5.43 Å². The third-order valence-corrected chi connectivity index (χ3v) is 3.63. The maximum absolute atomic E-state index is 12.4. The normalized spacial score (nSPS) is 11.2. The summed E-state index contributed by atoms with van der Waals surface area (Å²) in [6.45, 7) is 0. The number of fused-ring (bicyclic) bond motifs is 5. The molecule has 2 nitrogen and oxygen atoms in total. The predicted octanol–water partition coefficient (Wildman–Crippen LogP) is 3.85. The highest BCUT2D eigenvalue weighted by Gasteiger charge is 2.14. The van der Waals surface area contributed by atoms with Crippen LogP contribution in [-0.4, -0.2) is 4.98 Å². The van der Waals surface area contributed by atoms with Crippen LogP contribution >= 0.6 is 0 Å². The number of aromatic nitrogens is 1. The lowest BCUT2D eigenvalue weighted by molar-refractivity contribution is 1.48. The van der Waals surface area contributed by atoms with E-state index in [2.05, 4.69) is 4.98 Å². The number of nitrogens with zero attached hydrogens (tertiary/aromatic N) is 1. The Morgan fingerprint density at radius 1 is 0.750 bits per heavy atom. The molecule has 1 heterocycles. The largest absolute Gasteiger partial charge is 0.289 e. The SMILES string of the molecule is O=c1ccc2ccccc2c2nc3cccccc-3c12. The van der Waals surface area contributed by atoms with E-state index in [1.165, 1.54) is 0 Å². The molecule has 0 bridgehead atoms. The van der Waals surface area contributed by atoms with Crippen LogP contribution in [-0.2, 0) is 0 Å². The maximum Gasteiger partial charge on any atom is 0.188 e. The van der Waals surface area contributed by atoms with Crippen molar-refractivity contribution >= 4 is 21.7 Å². The highest BCUT2D eigenvalue weighted by atomic mass is 16.1. The van der Waals surface area contributed by atoms with E-state index >= 15 is 0 Å². The monoisotopic (exact) mass is 257 g/mol. The maximum atomic E-state index is 12.4. The van der Waals surface area contributed by atoms with Crippen LogP contribution in [0.15, 0.2) is 71.5 Å². The molecule has 0 saturated heterocycles. The number of benzene rings is 1. The van der Waals surface area contributed by atoms with Crippen LogP contribution < -0.4 is 5.43 Å². The van der Waals surface area contributed by atoms with Crippen LogP contribution in [0.5, 0.6) is 0 Å². The summed E-state index contributed by atoms with van der Waals surface area (Å²) in [5.74, 6) is 0. The molecule has 20 heavy (non-hydrogen) atoms. The Balaban J connectivity index is 2.39. The van der Waals surface area contributed by atoms with Crippen LogP contribution in [0.1, 0.15) is 0 Å². The average Bonchev–Trinajstić information content (AvgIpc) is 2.61. The van der Waals surface area contributed by atoms with Gasteiger partial charge in [-0.25, -0.2) is 4.98 Å². The van der Waals surface area contributed by atoms with Gasteiger partial charge in [0.1, 0.15) is 0 Å². The Bertz CT molecular complexity index is 975. The van der Waals surface area contributed by atoms with E-state index in [1.807, 2.05) is 60.7 Å². The molecule has 0 saturated carbocycles. The molecule has 0 fully saturated rings. The fraction of sp³-hybridized carbons (Fsp3) is 0. The van der Waals surface area contributed by atoms with Crippen LogP contribution in [0.4, 0.5) is 0 Å². The summed E-state index contributed by atoms with van der Waals surface area (Å²) in [5, 5.41) is 2.76. The summed E-state index contributed by atoms with van der Waals surface area (Å²) in [4.78, 5) is 17.1. The van der Waals surface area contributed by atoms with Gasteiger partial charge in [0.05, 0.1) is 16.6 Å². The second kappa shape index (κ2) is 4.14. The summed E-state index contributed by atoms with van der Waals surface area (Å²) in [6, 6.07) is 21.2. The van der Waals surface area contributed by atoms with Crippen molar-refractivity contribution in [2.75, 3.05) is 0 Å². The molecule has 0 unspecified atom stereocenters. The van der Waals surface area contributed by atoms with Crippen LogP contribution in [0.3, 0.4) is 0 Å². The van der Waals surface area contributed by atoms with Gasteiger partial charge in [0.25, 0.3) is 0 Å². The standard InChI is InChI=1S/C18H11NO/c20-16-11-10-12-6-4-5-7-13(12)18-17(16)14-8-2-1-3-9-15(14)19-18/h1-11H. The van der Waals surface area contributed by atoms with Gasteiger partial charge in [-0.2, -0.15) is 0 Å².